The summed E-state index contributed by atoms with van der Waals surface area (Å²) in [6.45, 7) is -0.0966. The standard InChI is InChI=1S/C18H15BrN4O2/c19-11-1-2-13-14(3-4-21-15(13)7-11)18(25)22-9-17(24)23-12(8-20)5-10-6-16(10)23/h1-4,7,10,12,16H,5-6,9H2,(H,22,25)/t10-,12+,16+/m1/s1. The number of piperidine rings is 1. The molecule has 2 aromatic rings. The Morgan fingerprint density at radius 3 is 3.00 bits per heavy atom. The van der Waals surface area contributed by atoms with Crippen LogP contribution in [0.1, 0.15) is 23.2 Å². The summed E-state index contributed by atoms with van der Waals surface area (Å²) >= 11 is 3.39. The maximum Gasteiger partial charge on any atom is 0.252 e. The number of pyridine rings is 1. The van der Waals surface area contributed by atoms with Crippen LogP contribution in [0.3, 0.4) is 0 Å². The number of aromatic nitrogens is 1. The van der Waals surface area contributed by atoms with Crippen molar-refractivity contribution in [1.82, 2.24) is 15.2 Å². The summed E-state index contributed by atoms with van der Waals surface area (Å²) in [4.78, 5) is 30.9. The zero-order valence-corrected chi connectivity index (χ0v) is 14.9. The van der Waals surface area contributed by atoms with Gasteiger partial charge in [0.1, 0.15) is 6.04 Å². The van der Waals surface area contributed by atoms with Crippen LogP contribution in [0.4, 0.5) is 0 Å². The maximum atomic E-state index is 12.5. The van der Waals surface area contributed by atoms with Gasteiger partial charge in [0.25, 0.3) is 5.91 Å². The molecule has 2 amide bonds. The smallest absolute Gasteiger partial charge is 0.252 e. The number of nitriles is 1. The largest absolute Gasteiger partial charge is 0.343 e. The molecule has 3 atom stereocenters. The number of carbonyl (C=O) groups is 2. The van der Waals surface area contributed by atoms with Crippen LogP contribution in [-0.2, 0) is 4.79 Å². The van der Waals surface area contributed by atoms with E-state index in [1.54, 1.807) is 17.2 Å². The van der Waals surface area contributed by atoms with Crippen LogP contribution in [0.5, 0.6) is 0 Å². The van der Waals surface area contributed by atoms with Crippen molar-refractivity contribution in [3.8, 4) is 6.07 Å². The van der Waals surface area contributed by atoms with Crippen molar-refractivity contribution < 1.29 is 9.59 Å². The van der Waals surface area contributed by atoms with Crippen molar-refractivity contribution in [2.75, 3.05) is 6.54 Å². The second kappa shape index (κ2) is 6.12. The van der Waals surface area contributed by atoms with Gasteiger partial charge in [-0.2, -0.15) is 5.26 Å². The monoisotopic (exact) mass is 398 g/mol. The molecule has 1 aliphatic heterocycles. The molecule has 0 bridgehead atoms. The Morgan fingerprint density at radius 2 is 2.20 bits per heavy atom. The fraction of sp³-hybridized carbons (Fsp3) is 0.333. The molecule has 1 saturated carbocycles. The summed E-state index contributed by atoms with van der Waals surface area (Å²) in [7, 11) is 0. The number of carbonyl (C=O) groups excluding carboxylic acids is 2. The summed E-state index contributed by atoms with van der Waals surface area (Å²) in [5, 5.41) is 12.6. The first-order chi connectivity index (χ1) is 12.1. The molecule has 4 rings (SSSR count). The summed E-state index contributed by atoms with van der Waals surface area (Å²) in [5.74, 6) is -0.0407. The molecule has 6 nitrogen and oxygen atoms in total. The molecule has 1 aromatic carbocycles. The molecule has 0 spiro atoms. The number of nitrogens with one attached hydrogen (secondary N) is 1. The molecule has 1 saturated heterocycles. The number of likely N-dealkylation sites (tertiary alicyclic amines) is 1. The van der Waals surface area contributed by atoms with Crippen LogP contribution in [0.15, 0.2) is 34.9 Å². The SMILES string of the molecule is N#C[C@@H]1C[C@@H]2C[C@@H]2N1C(=O)CNC(=O)c1ccnc2cc(Br)ccc12. The average Bonchev–Trinajstić information content (AvgIpc) is 3.28. The number of amides is 2. The van der Waals surface area contributed by atoms with E-state index in [0.717, 1.165) is 22.7 Å². The lowest BCUT2D eigenvalue weighted by molar-refractivity contribution is -0.131. The van der Waals surface area contributed by atoms with Crippen molar-refractivity contribution in [2.24, 2.45) is 5.92 Å². The highest BCUT2D eigenvalue weighted by Crippen LogP contribution is 2.47. The van der Waals surface area contributed by atoms with Gasteiger partial charge in [0.2, 0.25) is 5.91 Å². The Hall–Kier alpha value is -2.46. The van der Waals surface area contributed by atoms with Crippen molar-refractivity contribution in [1.29, 1.82) is 5.26 Å². The summed E-state index contributed by atoms with van der Waals surface area (Å²) in [5.41, 5.74) is 1.19. The van der Waals surface area contributed by atoms with E-state index in [2.05, 4.69) is 32.3 Å². The van der Waals surface area contributed by atoms with Crippen LogP contribution in [0.2, 0.25) is 0 Å². The fourth-order valence-corrected chi connectivity index (χ4v) is 3.94. The second-order valence-electron chi connectivity index (χ2n) is 6.45. The van der Waals surface area contributed by atoms with Gasteiger partial charge >= 0.3 is 0 Å². The lowest BCUT2D eigenvalue weighted by Crippen LogP contribution is -2.44. The molecular formula is C18H15BrN4O2. The number of rotatable bonds is 3. The molecule has 1 N–H and O–H groups in total. The van der Waals surface area contributed by atoms with E-state index in [-0.39, 0.29) is 30.4 Å². The molecule has 2 heterocycles. The van der Waals surface area contributed by atoms with E-state index < -0.39 is 0 Å². The molecule has 2 aliphatic rings. The van der Waals surface area contributed by atoms with E-state index in [0.29, 0.717) is 17.0 Å². The van der Waals surface area contributed by atoms with Gasteiger partial charge in [0.15, 0.2) is 0 Å². The maximum absolute atomic E-state index is 12.5. The average molecular weight is 399 g/mol. The van der Waals surface area contributed by atoms with Crippen LogP contribution in [0.25, 0.3) is 10.9 Å². The van der Waals surface area contributed by atoms with Gasteiger partial charge in [-0.05, 0) is 37.0 Å². The van der Waals surface area contributed by atoms with E-state index in [4.69, 9.17) is 0 Å². The predicted molar refractivity (Wildman–Crippen MR) is 94.5 cm³/mol. The lowest BCUT2D eigenvalue weighted by atomic mass is 10.1. The number of hydrogen-bond acceptors (Lipinski definition) is 4. The highest BCUT2D eigenvalue weighted by Gasteiger charge is 2.53. The van der Waals surface area contributed by atoms with Gasteiger partial charge in [-0.15, -0.1) is 0 Å². The first kappa shape index (κ1) is 16.0. The van der Waals surface area contributed by atoms with Gasteiger partial charge in [-0.1, -0.05) is 22.0 Å². The van der Waals surface area contributed by atoms with E-state index in [1.165, 1.54) is 0 Å². The van der Waals surface area contributed by atoms with Crippen molar-refractivity contribution in [3.05, 3.63) is 40.5 Å². The number of halogens is 1. The number of fused-ring (bicyclic) bond motifs is 2. The van der Waals surface area contributed by atoms with Crippen LogP contribution < -0.4 is 5.32 Å². The van der Waals surface area contributed by atoms with E-state index in [9.17, 15) is 14.9 Å². The Morgan fingerprint density at radius 1 is 1.36 bits per heavy atom. The van der Waals surface area contributed by atoms with Crippen molar-refractivity contribution >= 4 is 38.6 Å². The Kier molecular flexibility index (Phi) is 3.92. The molecule has 7 heteroatoms. The normalized spacial score (nSPS) is 23.8. The van der Waals surface area contributed by atoms with Crippen LogP contribution in [0, 0.1) is 17.2 Å². The third kappa shape index (κ3) is 2.87. The highest BCUT2D eigenvalue weighted by molar-refractivity contribution is 9.10. The molecule has 2 fully saturated rings. The van der Waals surface area contributed by atoms with Crippen molar-refractivity contribution in [3.63, 3.8) is 0 Å². The molecule has 0 radical (unpaired) electrons. The van der Waals surface area contributed by atoms with Crippen molar-refractivity contribution in [2.45, 2.75) is 24.9 Å². The summed E-state index contributed by atoms with van der Waals surface area (Å²) < 4.78 is 0.885. The minimum absolute atomic E-state index is 0.0966. The number of nitrogens with zero attached hydrogens (tertiary/aromatic N) is 3. The Labute approximate surface area is 152 Å². The topological polar surface area (TPSA) is 86.1 Å². The van der Waals surface area contributed by atoms with Gasteiger partial charge in [0, 0.05) is 22.1 Å². The van der Waals surface area contributed by atoms with Crippen LogP contribution in [-0.4, -0.2) is 40.3 Å². The third-order valence-electron chi connectivity index (χ3n) is 4.89. The first-order valence-electron chi connectivity index (χ1n) is 8.11. The molecule has 1 aromatic heterocycles. The van der Waals surface area contributed by atoms with Gasteiger partial charge < -0.3 is 10.2 Å². The second-order valence-corrected chi connectivity index (χ2v) is 7.36. The quantitative estimate of drug-likeness (QED) is 0.858. The number of hydrogen-bond donors (Lipinski definition) is 1. The Bertz CT molecular complexity index is 923. The zero-order valence-electron chi connectivity index (χ0n) is 13.3. The minimum atomic E-state index is -0.354. The molecule has 1 aliphatic carbocycles. The van der Waals surface area contributed by atoms with Gasteiger partial charge in [-0.3, -0.25) is 14.6 Å². The summed E-state index contributed by atoms with van der Waals surface area (Å²) in [6, 6.07) is 9.17. The van der Waals surface area contributed by atoms with E-state index in [1.807, 2.05) is 18.2 Å². The van der Waals surface area contributed by atoms with Gasteiger partial charge in [0.05, 0.1) is 23.7 Å². The molecule has 25 heavy (non-hydrogen) atoms. The van der Waals surface area contributed by atoms with Gasteiger partial charge in [-0.25, -0.2) is 0 Å². The zero-order chi connectivity index (χ0) is 17.6. The molecular weight excluding hydrogens is 384 g/mol. The van der Waals surface area contributed by atoms with Crippen LogP contribution >= 0.6 is 15.9 Å². The third-order valence-corrected chi connectivity index (χ3v) is 5.38. The number of benzene rings is 1. The lowest BCUT2D eigenvalue weighted by Gasteiger charge is -2.22. The fourth-order valence-electron chi connectivity index (χ4n) is 3.59. The van der Waals surface area contributed by atoms with E-state index >= 15 is 0 Å². The predicted octanol–water partition coefficient (Wildman–Crippen LogP) is 2.24. The molecule has 0 unspecified atom stereocenters. The minimum Gasteiger partial charge on any atom is -0.343 e. The highest BCUT2D eigenvalue weighted by atomic mass is 79.9. The molecule has 126 valence electrons. The Balaban J connectivity index is 1.48. The summed E-state index contributed by atoms with van der Waals surface area (Å²) in [6.07, 6.45) is 3.30. The first-order valence-corrected chi connectivity index (χ1v) is 8.91.